The molecule has 0 atom stereocenters. The quantitative estimate of drug-likeness (QED) is 0.752. The van der Waals surface area contributed by atoms with E-state index in [1.165, 1.54) is 22.5 Å². The van der Waals surface area contributed by atoms with Crippen LogP contribution in [0.1, 0.15) is 27.3 Å². The molecule has 1 amide bonds. The van der Waals surface area contributed by atoms with E-state index in [1.54, 1.807) is 0 Å². The molecule has 3 rings (SSSR count). The van der Waals surface area contributed by atoms with Crippen molar-refractivity contribution < 1.29 is 4.79 Å². The predicted molar refractivity (Wildman–Crippen MR) is 82.6 cm³/mol. The Bertz CT molecular complexity index is 801. The lowest BCUT2D eigenvalue weighted by Crippen LogP contribution is -2.11. The highest BCUT2D eigenvalue weighted by atomic mass is 32.1. The van der Waals surface area contributed by atoms with Crippen molar-refractivity contribution in [2.24, 2.45) is 0 Å². The lowest BCUT2D eigenvalue weighted by molar-refractivity contribution is 0.102. The van der Waals surface area contributed by atoms with Gasteiger partial charge in [-0.1, -0.05) is 6.07 Å². The van der Waals surface area contributed by atoms with E-state index in [0.29, 0.717) is 10.8 Å². The fourth-order valence-electron chi connectivity index (χ4n) is 2.30. The molecule has 2 heterocycles. The van der Waals surface area contributed by atoms with Crippen LogP contribution >= 0.6 is 11.3 Å². The molecule has 4 nitrogen and oxygen atoms in total. The van der Waals surface area contributed by atoms with Gasteiger partial charge in [-0.05, 0) is 44.0 Å². The van der Waals surface area contributed by atoms with Crippen molar-refractivity contribution in [3.63, 3.8) is 0 Å². The van der Waals surface area contributed by atoms with Crippen LogP contribution in [0.2, 0.25) is 0 Å². The van der Waals surface area contributed by atoms with E-state index < -0.39 is 0 Å². The zero-order valence-electron chi connectivity index (χ0n) is 11.6. The van der Waals surface area contributed by atoms with Crippen LogP contribution in [0.3, 0.4) is 0 Å². The van der Waals surface area contributed by atoms with E-state index in [-0.39, 0.29) is 5.91 Å². The summed E-state index contributed by atoms with van der Waals surface area (Å²) in [4.78, 5) is 19.6. The Morgan fingerprint density at radius 3 is 2.75 bits per heavy atom. The first kappa shape index (κ1) is 12.9. The molecule has 0 aliphatic heterocycles. The summed E-state index contributed by atoms with van der Waals surface area (Å²) in [6.45, 7) is 6.00. The van der Waals surface area contributed by atoms with Crippen molar-refractivity contribution in [2.45, 2.75) is 20.8 Å². The summed E-state index contributed by atoms with van der Waals surface area (Å²) in [5.74, 6) is -0.160. The molecule has 2 N–H and O–H groups in total. The molecule has 0 radical (unpaired) electrons. The smallest absolute Gasteiger partial charge is 0.273 e. The van der Waals surface area contributed by atoms with Gasteiger partial charge >= 0.3 is 0 Å². The van der Waals surface area contributed by atoms with Gasteiger partial charge < -0.3 is 4.98 Å². The highest BCUT2D eigenvalue weighted by molar-refractivity contribution is 7.13. The maximum Gasteiger partial charge on any atom is 0.273 e. The summed E-state index contributed by atoms with van der Waals surface area (Å²) in [7, 11) is 0. The molecule has 0 aliphatic rings. The molecule has 0 saturated carbocycles. The first-order valence-electron chi connectivity index (χ1n) is 6.36. The number of hydrogen-bond acceptors (Lipinski definition) is 3. The van der Waals surface area contributed by atoms with Gasteiger partial charge in [0.1, 0.15) is 5.69 Å². The Kier molecular flexibility index (Phi) is 3.06. The predicted octanol–water partition coefficient (Wildman–Crippen LogP) is 3.80. The summed E-state index contributed by atoms with van der Waals surface area (Å²) in [6.07, 6.45) is 0. The van der Waals surface area contributed by atoms with Gasteiger partial charge in [0.25, 0.3) is 5.91 Å². The fraction of sp³-hybridized carbons (Fsp3) is 0.200. The number of carbonyl (C=O) groups excluding carboxylic acids is 1. The number of amides is 1. The SMILES string of the molecule is Cc1cc(C)c2cc(C(=O)Nc3nc(C)cs3)[nH]c2c1. The first-order valence-corrected chi connectivity index (χ1v) is 7.24. The second-order valence-electron chi connectivity index (χ2n) is 4.97. The third-order valence-corrected chi connectivity index (χ3v) is 4.05. The number of aryl methyl sites for hydroxylation is 3. The third-order valence-electron chi connectivity index (χ3n) is 3.17. The maximum absolute atomic E-state index is 12.2. The molecule has 20 heavy (non-hydrogen) atoms. The normalized spacial score (nSPS) is 10.9. The molecule has 2 aromatic heterocycles. The van der Waals surface area contributed by atoms with Gasteiger partial charge in [-0.2, -0.15) is 0 Å². The number of hydrogen-bond donors (Lipinski definition) is 2. The van der Waals surface area contributed by atoms with Crippen LogP contribution < -0.4 is 5.32 Å². The zero-order valence-corrected chi connectivity index (χ0v) is 12.4. The van der Waals surface area contributed by atoms with Crippen LogP contribution in [-0.4, -0.2) is 15.9 Å². The Morgan fingerprint density at radius 2 is 2.05 bits per heavy atom. The molecular formula is C15H15N3OS. The largest absolute Gasteiger partial charge is 0.351 e. The van der Waals surface area contributed by atoms with Crippen molar-refractivity contribution in [2.75, 3.05) is 5.32 Å². The van der Waals surface area contributed by atoms with E-state index in [0.717, 1.165) is 16.6 Å². The maximum atomic E-state index is 12.2. The monoisotopic (exact) mass is 285 g/mol. The van der Waals surface area contributed by atoms with Gasteiger partial charge in [-0.25, -0.2) is 4.98 Å². The van der Waals surface area contributed by atoms with Crippen molar-refractivity contribution in [1.29, 1.82) is 0 Å². The van der Waals surface area contributed by atoms with E-state index in [1.807, 2.05) is 31.4 Å². The van der Waals surface area contributed by atoms with Crippen molar-refractivity contribution in [3.05, 3.63) is 46.1 Å². The van der Waals surface area contributed by atoms with Gasteiger partial charge in [0.05, 0.1) is 5.69 Å². The van der Waals surface area contributed by atoms with Crippen LogP contribution in [0.5, 0.6) is 0 Å². The average Bonchev–Trinajstić information content (AvgIpc) is 2.95. The average molecular weight is 285 g/mol. The Balaban J connectivity index is 1.94. The minimum absolute atomic E-state index is 0.160. The number of thiazole rings is 1. The van der Waals surface area contributed by atoms with Gasteiger partial charge in [0.15, 0.2) is 5.13 Å². The molecule has 0 bridgehead atoms. The van der Waals surface area contributed by atoms with Crippen LogP contribution in [0, 0.1) is 20.8 Å². The van der Waals surface area contributed by atoms with Gasteiger partial charge in [0.2, 0.25) is 0 Å². The minimum atomic E-state index is -0.160. The number of benzene rings is 1. The molecule has 1 aromatic carbocycles. The number of anilines is 1. The molecule has 0 aliphatic carbocycles. The van der Waals surface area contributed by atoms with Crippen LogP contribution in [0.4, 0.5) is 5.13 Å². The molecule has 0 unspecified atom stereocenters. The molecule has 0 fully saturated rings. The molecule has 0 spiro atoms. The standard InChI is InChI=1S/C15H15N3OS/c1-8-4-9(2)11-6-13(17-12(11)5-8)14(19)18-15-16-10(3)7-20-15/h4-7,17H,1-3H3,(H,16,18,19). The van der Waals surface area contributed by atoms with Gasteiger partial charge in [-0.3, -0.25) is 10.1 Å². The van der Waals surface area contributed by atoms with Gasteiger partial charge in [-0.15, -0.1) is 11.3 Å². The van der Waals surface area contributed by atoms with Crippen molar-refractivity contribution in [3.8, 4) is 0 Å². The van der Waals surface area contributed by atoms with Gasteiger partial charge in [0, 0.05) is 16.3 Å². The number of carbonyl (C=O) groups is 1. The highest BCUT2D eigenvalue weighted by Crippen LogP contribution is 2.22. The van der Waals surface area contributed by atoms with E-state index >= 15 is 0 Å². The lowest BCUT2D eigenvalue weighted by Gasteiger charge is -1.98. The van der Waals surface area contributed by atoms with Crippen molar-refractivity contribution in [1.82, 2.24) is 9.97 Å². The molecular weight excluding hydrogens is 270 g/mol. The number of nitrogens with one attached hydrogen (secondary N) is 2. The summed E-state index contributed by atoms with van der Waals surface area (Å²) >= 11 is 1.43. The first-order chi connectivity index (χ1) is 9.52. The fourth-order valence-corrected chi connectivity index (χ4v) is 2.98. The summed E-state index contributed by atoms with van der Waals surface area (Å²) in [5.41, 5.74) is 4.80. The third kappa shape index (κ3) is 2.32. The Labute approximate surface area is 120 Å². The molecule has 0 saturated heterocycles. The number of nitrogens with zero attached hydrogens (tertiary/aromatic N) is 1. The summed E-state index contributed by atoms with van der Waals surface area (Å²) < 4.78 is 0. The van der Waals surface area contributed by atoms with E-state index in [9.17, 15) is 4.79 Å². The zero-order chi connectivity index (χ0) is 14.3. The second-order valence-corrected chi connectivity index (χ2v) is 5.83. The number of H-pyrrole nitrogens is 1. The van der Waals surface area contributed by atoms with E-state index in [2.05, 4.69) is 28.3 Å². The number of aromatic nitrogens is 2. The molecule has 3 aromatic rings. The van der Waals surface area contributed by atoms with E-state index in [4.69, 9.17) is 0 Å². The van der Waals surface area contributed by atoms with Crippen LogP contribution in [0.15, 0.2) is 23.6 Å². The van der Waals surface area contributed by atoms with Crippen LogP contribution in [0.25, 0.3) is 10.9 Å². The number of aromatic amines is 1. The Morgan fingerprint density at radius 1 is 1.25 bits per heavy atom. The highest BCUT2D eigenvalue weighted by Gasteiger charge is 2.12. The van der Waals surface area contributed by atoms with Crippen molar-refractivity contribution >= 4 is 33.3 Å². The topological polar surface area (TPSA) is 57.8 Å². The van der Waals surface area contributed by atoms with Crippen LogP contribution in [-0.2, 0) is 0 Å². The number of fused-ring (bicyclic) bond motifs is 1. The second kappa shape index (κ2) is 4.76. The lowest BCUT2D eigenvalue weighted by atomic mass is 10.1. The Hall–Kier alpha value is -2.14. The summed E-state index contributed by atoms with van der Waals surface area (Å²) in [5, 5.41) is 6.43. The molecule has 102 valence electrons. The minimum Gasteiger partial charge on any atom is -0.351 e. The number of rotatable bonds is 2. The molecule has 5 heteroatoms. The summed E-state index contributed by atoms with van der Waals surface area (Å²) in [6, 6.07) is 6.05.